The molecule has 152 valence electrons. The van der Waals surface area contributed by atoms with Crippen LogP contribution in [0.15, 0.2) is 91.0 Å². The number of benzene rings is 3. The van der Waals surface area contributed by atoms with Crippen molar-refractivity contribution in [1.29, 1.82) is 0 Å². The Balaban J connectivity index is 1.52. The number of ether oxygens (including phenoxy) is 1. The fraction of sp³-hybridized carbons (Fsp3) is 0.0400. The van der Waals surface area contributed by atoms with Gasteiger partial charge in [0.05, 0.1) is 20.8 Å². The first-order valence-electron chi connectivity index (χ1n) is 9.77. The molecule has 2 aromatic heterocycles. The van der Waals surface area contributed by atoms with E-state index in [0.717, 1.165) is 26.5 Å². The van der Waals surface area contributed by atoms with E-state index in [1.807, 2.05) is 97.9 Å². The van der Waals surface area contributed by atoms with Gasteiger partial charge in [-0.2, -0.15) is 0 Å². The summed E-state index contributed by atoms with van der Waals surface area (Å²) in [5.41, 5.74) is 1.63. The van der Waals surface area contributed by atoms with Gasteiger partial charge in [-0.3, -0.25) is 9.69 Å². The van der Waals surface area contributed by atoms with Crippen LogP contribution in [0.4, 0.5) is 10.8 Å². The van der Waals surface area contributed by atoms with Gasteiger partial charge in [-0.25, -0.2) is 4.98 Å². The van der Waals surface area contributed by atoms with Crippen LogP contribution in [-0.2, 0) is 0 Å². The second kappa shape index (κ2) is 8.34. The van der Waals surface area contributed by atoms with Crippen molar-refractivity contribution in [3.8, 4) is 11.5 Å². The summed E-state index contributed by atoms with van der Waals surface area (Å²) in [6.07, 6.45) is 0. The van der Waals surface area contributed by atoms with Gasteiger partial charge in [-0.1, -0.05) is 41.7 Å². The monoisotopic (exact) mass is 442 g/mol. The predicted molar refractivity (Wildman–Crippen MR) is 128 cm³/mol. The third-order valence-electron chi connectivity index (χ3n) is 4.70. The standard InChI is InChI=1S/C25H18N2O2S2/c1-17-11-16-23(30-17)24(28)27(25-26-21-9-5-6-10-22(21)31-25)18-12-14-20(15-13-18)29-19-7-3-2-4-8-19/h2-16H,1H3. The van der Waals surface area contributed by atoms with Gasteiger partial charge in [-0.05, 0) is 67.6 Å². The lowest BCUT2D eigenvalue weighted by Crippen LogP contribution is -2.25. The smallest absolute Gasteiger partial charge is 0.274 e. The summed E-state index contributed by atoms with van der Waals surface area (Å²) >= 11 is 2.99. The quantitative estimate of drug-likeness (QED) is 0.284. The summed E-state index contributed by atoms with van der Waals surface area (Å²) in [5, 5.41) is 0.647. The summed E-state index contributed by atoms with van der Waals surface area (Å²) in [6, 6.07) is 28.9. The highest BCUT2D eigenvalue weighted by molar-refractivity contribution is 7.22. The van der Waals surface area contributed by atoms with Crippen molar-refractivity contribution < 1.29 is 9.53 Å². The van der Waals surface area contributed by atoms with E-state index in [1.54, 1.807) is 4.90 Å². The number of para-hydroxylation sites is 2. The number of hydrogen-bond acceptors (Lipinski definition) is 5. The predicted octanol–water partition coefficient (Wildman–Crippen LogP) is 7.44. The number of anilines is 2. The van der Waals surface area contributed by atoms with Gasteiger partial charge in [0.2, 0.25) is 0 Å². The number of hydrogen-bond donors (Lipinski definition) is 0. The number of thiazole rings is 1. The normalized spacial score (nSPS) is 10.9. The molecule has 0 aliphatic carbocycles. The molecule has 0 atom stereocenters. The third-order valence-corrected chi connectivity index (χ3v) is 6.71. The van der Waals surface area contributed by atoms with Crippen molar-refractivity contribution in [2.45, 2.75) is 6.92 Å². The SMILES string of the molecule is Cc1ccc(C(=O)N(c2ccc(Oc3ccccc3)cc2)c2nc3ccccc3s2)s1. The van der Waals surface area contributed by atoms with Crippen LogP contribution in [-0.4, -0.2) is 10.9 Å². The van der Waals surface area contributed by atoms with Crippen molar-refractivity contribution >= 4 is 49.6 Å². The van der Waals surface area contributed by atoms with Crippen LogP contribution < -0.4 is 9.64 Å². The third kappa shape index (κ3) is 4.08. The van der Waals surface area contributed by atoms with Gasteiger partial charge in [0.25, 0.3) is 5.91 Å². The molecule has 0 aliphatic rings. The average molecular weight is 443 g/mol. The molecule has 0 saturated heterocycles. The zero-order chi connectivity index (χ0) is 21.2. The van der Waals surface area contributed by atoms with Gasteiger partial charge < -0.3 is 4.74 Å². The first-order valence-corrected chi connectivity index (χ1v) is 11.4. The van der Waals surface area contributed by atoms with Crippen molar-refractivity contribution in [1.82, 2.24) is 4.98 Å². The molecule has 6 heteroatoms. The van der Waals surface area contributed by atoms with Crippen molar-refractivity contribution in [2.24, 2.45) is 0 Å². The van der Waals surface area contributed by atoms with Gasteiger partial charge in [0.15, 0.2) is 5.13 Å². The zero-order valence-corrected chi connectivity index (χ0v) is 18.3. The van der Waals surface area contributed by atoms with Crippen molar-refractivity contribution in [3.63, 3.8) is 0 Å². The molecule has 0 spiro atoms. The Morgan fingerprint density at radius 2 is 1.52 bits per heavy atom. The molecule has 5 rings (SSSR count). The van der Waals surface area contributed by atoms with Crippen LogP contribution in [0, 0.1) is 6.92 Å². The lowest BCUT2D eigenvalue weighted by Gasteiger charge is -2.19. The number of carbonyl (C=O) groups excluding carboxylic acids is 1. The lowest BCUT2D eigenvalue weighted by atomic mass is 10.2. The molecule has 31 heavy (non-hydrogen) atoms. The molecule has 0 saturated carbocycles. The highest BCUT2D eigenvalue weighted by atomic mass is 32.1. The highest BCUT2D eigenvalue weighted by Gasteiger charge is 2.24. The molecule has 0 fully saturated rings. The summed E-state index contributed by atoms with van der Waals surface area (Å²) < 4.78 is 6.94. The Kier molecular flexibility index (Phi) is 5.24. The number of rotatable bonds is 5. The Morgan fingerprint density at radius 1 is 0.806 bits per heavy atom. The molecule has 0 unspecified atom stereocenters. The maximum absolute atomic E-state index is 13.5. The van der Waals surface area contributed by atoms with Crippen LogP contribution in [0.25, 0.3) is 10.2 Å². The van der Waals surface area contributed by atoms with Crippen LogP contribution in [0.1, 0.15) is 14.5 Å². The van der Waals surface area contributed by atoms with Crippen LogP contribution in [0.2, 0.25) is 0 Å². The van der Waals surface area contributed by atoms with Gasteiger partial charge in [0.1, 0.15) is 11.5 Å². The number of fused-ring (bicyclic) bond motifs is 1. The maximum atomic E-state index is 13.5. The average Bonchev–Trinajstić information content (AvgIpc) is 3.42. The second-order valence-corrected chi connectivity index (χ2v) is 9.22. The topological polar surface area (TPSA) is 42.4 Å². The minimum atomic E-state index is -0.0890. The molecule has 2 heterocycles. The molecular formula is C25H18N2O2S2. The van der Waals surface area contributed by atoms with Gasteiger partial charge >= 0.3 is 0 Å². The van der Waals surface area contributed by atoms with E-state index in [2.05, 4.69) is 0 Å². The first kappa shape index (κ1) is 19.5. The number of amides is 1. The van der Waals surface area contributed by atoms with Gasteiger partial charge in [0, 0.05) is 4.88 Å². The van der Waals surface area contributed by atoms with E-state index in [4.69, 9.17) is 9.72 Å². The number of nitrogens with zero attached hydrogens (tertiary/aromatic N) is 2. The minimum absolute atomic E-state index is 0.0890. The fourth-order valence-electron chi connectivity index (χ4n) is 3.22. The number of aromatic nitrogens is 1. The van der Waals surface area contributed by atoms with E-state index in [-0.39, 0.29) is 5.91 Å². The molecule has 0 N–H and O–H groups in total. The Hall–Kier alpha value is -3.48. The molecule has 0 bridgehead atoms. The van der Waals surface area contributed by atoms with E-state index >= 15 is 0 Å². The molecule has 4 nitrogen and oxygen atoms in total. The van der Waals surface area contributed by atoms with Crippen LogP contribution in [0.3, 0.4) is 0 Å². The van der Waals surface area contributed by atoms with Gasteiger partial charge in [-0.15, -0.1) is 11.3 Å². The molecule has 0 aliphatic heterocycles. The Bertz CT molecular complexity index is 1310. The number of carbonyl (C=O) groups is 1. The Morgan fingerprint density at radius 3 is 2.23 bits per heavy atom. The van der Waals surface area contributed by atoms with Crippen LogP contribution >= 0.6 is 22.7 Å². The largest absolute Gasteiger partial charge is 0.457 e. The zero-order valence-electron chi connectivity index (χ0n) is 16.7. The summed E-state index contributed by atoms with van der Waals surface area (Å²) in [5.74, 6) is 1.39. The summed E-state index contributed by atoms with van der Waals surface area (Å²) in [6.45, 7) is 2.00. The summed E-state index contributed by atoms with van der Waals surface area (Å²) in [7, 11) is 0. The molecular weight excluding hydrogens is 424 g/mol. The van der Waals surface area contributed by atoms with Crippen molar-refractivity contribution in [2.75, 3.05) is 4.90 Å². The van der Waals surface area contributed by atoms with E-state index in [1.165, 1.54) is 22.7 Å². The lowest BCUT2D eigenvalue weighted by molar-refractivity contribution is 0.100. The number of thiophene rings is 1. The van der Waals surface area contributed by atoms with E-state index in [9.17, 15) is 4.79 Å². The summed E-state index contributed by atoms with van der Waals surface area (Å²) in [4.78, 5) is 21.7. The minimum Gasteiger partial charge on any atom is -0.457 e. The molecule has 3 aromatic carbocycles. The fourth-order valence-corrected chi connectivity index (χ4v) is 5.00. The number of aryl methyl sites for hydroxylation is 1. The highest BCUT2D eigenvalue weighted by Crippen LogP contribution is 2.36. The maximum Gasteiger partial charge on any atom is 0.274 e. The van der Waals surface area contributed by atoms with Crippen molar-refractivity contribution in [3.05, 3.63) is 101 Å². The van der Waals surface area contributed by atoms with E-state index in [0.29, 0.717) is 15.8 Å². The molecule has 5 aromatic rings. The van der Waals surface area contributed by atoms with E-state index < -0.39 is 0 Å². The van der Waals surface area contributed by atoms with Crippen LogP contribution in [0.5, 0.6) is 11.5 Å². The molecule has 0 radical (unpaired) electrons. The second-order valence-electron chi connectivity index (χ2n) is 6.92. The Labute approximate surface area is 188 Å². The first-order chi connectivity index (χ1) is 15.2. The molecule has 1 amide bonds.